The van der Waals surface area contributed by atoms with Gasteiger partial charge < -0.3 is 15.5 Å². The topological polar surface area (TPSA) is 92.2 Å². The zero-order valence-corrected chi connectivity index (χ0v) is 16.7. The summed E-state index contributed by atoms with van der Waals surface area (Å²) < 4.78 is 1.72. The molecule has 3 rings (SSSR count). The van der Waals surface area contributed by atoms with E-state index in [9.17, 15) is 9.59 Å². The number of nitrogens with zero attached hydrogens (tertiary/aromatic N) is 4. The van der Waals surface area contributed by atoms with Gasteiger partial charge in [-0.25, -0.2) is 0 Å². The fourth-order valence-corrected chi connectivity index (χ4v) is 2.76. The quantitative estimate of drug-likeness (QED) is 0.644. The van der Waals surface area contributed by atoms with Gasteiger partial charge in [0.05, 0.1) is 18.4 Å². The number of rotatable bonds is 7. The molecule has 0 unspecified atom stereocenters. The molecule has 0 atom stereocenters. The van der Waals surface area contributed by atoms with Gasteiger partial charge in [-0.05, 0) is 37.3 Å². The van der Waals surface area contributed by atoms with E-state index in [-0.39, 0.29) is 18.4 Å². The van der Waals surface area contributed by atoms with Crippen molar-refractivity contribution in [3.8, 4) is 11.3 Å². The molecular weight excluding hydrogens is 368 g/mol. The van der Waals surface area contributed by atoms with Crippen LogP contribution in [0, 0.1) is 0 Å². The Bertz CT molecular complexity index is 994. The van der Waals surface area contributed by atoms with E-state index in [4.69, 9.17) is 0 Å². The van der Waals surface area contributed by atoms with Crippen LogP contribution in [0.5, 0.6) is 0 Å². The summed E-state index contributed by atoms with van der Waals surface area (Å²) in [5, 5.41) is 13.7. The molecule has 0 radical (unpaired) electrons. The summed E-state index contributed by atoms with van der Waals surface area (Å²) in [6, 6.07) is 14.5. The number of anilines is 2. The zero-order chi connectivity index (χ0) is 20.8. The van der Waals surface area contributed by atoms with Gasteiger partial charge in [-0.2, -0.15) is 0 Å². The summed E-state index contributed by atoms with van der Waals surface area (Å²) in [4.78, 5) is 26.6. The molecule has 8 heteroatoms. The lowest BCUT2D eigenvalue weighted by Crippen LogP contribution is -2.33. The first-order valence-corrected chi connectivity index (χ1v) is 9.33. The first-order chi connectivity index (χ1) is 14.0. The van der Waals surface area contributed by atoms with E-state index >= 15 is 0 Å². The second-order valence-electron chi connectivity index (χ2n) is 6.68. The van der Waals surface area contributed by atoms with Crippen molar-refractivity contribution in [1.82, 2.24) is 20.3 Å². The van der Waals surface area contributed by atoms with E-state index in [0.29, 0.717) is 23.5 Å². The molecule has 3 aromatic rings. The number of aromatic nitrogens is 3. The lowest BCUT2D eigenvalue weighted by Gasteiger charge is -2.13. The maximum atomic E-state index is 12.4. The van der Waals surface area contributed by atoms with Crippen LogP contribution in [0.1, 0.15) is 17.3 Å². The van der Waals surface area contributed by atoms with Crippen molar-refractivity contribution in [1.29, 1.82) is 0 Å². The highest BCUT2D eigenvalue weighted by molar-refractivity contribution is 6.00. The van der Waals surface area contributed by atoms with Crippen LogP contribution in [0.4, 0.5) is 11.4 Å². The van der Waals surface area contributed by atoms with E-state index in [2.05, 4.69) is 20.9 Å². The third-order valence-corrected chi connectivity index (χ3v) is 4.40. The van der Waals surface area contributed by atoms with Gasteiger partial charge >= 0.3 is 0 Å². The smallest absolute Gasteiger partial charge is 0.251 e. The summed E-state index contributed by atoms with van der Waals surface area (Å²) in [6.07, 6.45) is 1.82. The highest BCUT2D eigenvalue weighted by Crippen LogP contribution is 2.25. The first kappa shape index (κ1) is 20.1. The Balaban J connectivity index is 1.62. The Morgan fingerprint density at radius 3 is 2.45 bits per heavy atom. The van der Waals surface area contributed by atoms with Gasteiger partial charge in [0.15, 0.2) is 0 Å². The summed E-state index contributed by atoms with van der Waals surface area (Å²) in [6.45, 7) is 2.55. The fourth-order valence-electron chi connectivity index (χ4n) is 2.76. The van der Waals surface area contributed by atoms with E-state index in [1.165, 1.54) is 0 Å². The molecule has 0 saturated carbocycles. The molecule has 0 aliphatic carbocycles. The maximum Gasteiger partial charge on any atom is 0.251 e. The lowest BCUT2D eigenvalue weighted by atomic mass is 10.1. The highest BCUT2D eigenvalue weighted by atomic mass is 16.2. The minimum absolute atomic E-state index is 0.135. The molecule has 2 N–H and O–H groups in total. The molecule has 1 aromatic heterocycles. The van der Waals surface area contributed by atoms with Crippen LogP contribution in [-0.4, -0.2) is 47.4 Å². The van der Waals surface area contributed by atoms with Crippen LogP contribution in [-0.2, 0) is 11.3 Å². The second-order valence-corrected chi connectivity index (χ2v) is 6.68. The van der Waals surface area contributed by atoms with Gasteiger partial charge in [0.1, 0.15) is 5.69 Å². The Kier molecular flexibility index (Phi) is 6.23. The molecule has 0 fully saturated rings. The predicted molar refractivity (Wildman–Crippen MR) is 113 cm³/mol. The number of nitrogens with one attached hydrogen (secondary N) is 2. The number of aryl methyl sites for hydroxylation is 1. The Labute approximate surface area is 169 Å². The van der Waals surface area contributed by atoms with Crippen LogP contribution in [0.15, 0.2) is 54.7 Å². The zero-order valence-electron chi connectivity index (χ0n) is 16.7. The van der Waals surface area contributed by atoms with Crippen molar-refractivity contribution in [3.05, 3.63) is 60.3 Å². The average Bonchev–Trinajstić information content (AvgIpc) is 3.21. The van der Waals surface area contributed by atoms with Crippen LogP contribution in [0.2, 0.25) is 0 Å². The van der Waals surface area contributed by atoms with Crippen molar-refractivity contribution in [2.45, 2.75) is 13.5 Å². The third-order valence-electron chi connectivity index (χ3n) is 4.40. The molecule has 0 aliphatic heterocycles. The van der Waals surface area contributed by atoms with E-state index in [1.54, 1.807) is 22.9 Å². The highest BCUT2D eigenvalue weighted by Gasteiger charge is 2.13. The van der Waals surface area contributed by atoms with E-state index in [0.717, 1.165) is 11.3 Å². The number of amides is 2. The van der Waals surface area contributed by atoms with Crippen LogP contribution >= 0.6 is 0 Å². The minimum atomic E-state index is -0.321. The molecular formula is C21H24N6O2. The van der Waals surface area contributed by atoms with Gasteiger partial charge in [0, 0.05) is 37.5 Å². The number of hydrogen-bond acceptors (Lipinski definition) is 5. The summed E-state index contributed by atoms with van der Waals surface area (Å²) in [7, 11) is 3.86. The first-order valence-electron chi connectivity index (χ1n) is 9.33. The number of hydrogen-bond donors (Lipinski definition) is 2. The molecule has 0 spiro atoms. The normalized spacial score (nSPS) is 10.4. The molecule has 29 heavy (non-hydrogen) atoms. The van der Waals surface area contributed by atoms with Gasteiger partial charge in [0.25, 0.3) is 5.91 Å². The van der Waals surface area contributed by atoms with Crippen molar-refractivity contribution < 1.29 is 9.59 Å². The van der Waals surface area contributed by atoms with E-state index in [1.807, 2.05) is 62.4 Å². The van der Waals surface area contributed by atoms with E-state index < -0.39 is 0 Å². The fraction of sp³-hybridized carbons (Fsp3) is 0.238. The SMILES string of the molecule is CCn1cc(-c2ccccc2NC(=O)CNC(=O)c2ccc(N(C)C)cc2)nn1. The average molecular weight is 392 g/mol. The molecule has 2 amide bonds. The number of carbonyl (C=O) groups is 2. The monoisotopic (exact) mass is 392 g/mol. The van der Waals surface area contributed by atoms with Crippen molar-refractivity contribution in [2.75, 3.05) is 30.9 Å². The second kappa shape index (κ2) is 9.01. The summed E-state index contributed by atoms with van der Waals surface area (Å²) in [5.41, 5.74) is 3.56. The van der Waals surface area contributed by atoms with Crippen molar-refractivity contribution >= 4 is 23.2 Å². The molecule has 0 aliphatic rings. The van der Waals surface area contributed by atoms with Gasteiger partial charge in [-0.3, -0.25) is 14.3 Å². The van der Waals surface area contributed by atoms with Gasteiger partial charge in [-0.1, -0.05) is 23.4 Å². The Hall–Kier alpha value is -3.68. The lowest BCUT2D eigenvalue weighted by molar-refractivity contribution is -0.115. The molecule has 1 heterocycles. The van der Waals surface area contributed by atoms with Crippen LogP contribution in [0.25, 0.3) is 11.3 Å². The molecule has 0 bridgehead atoms. The standard InChI is InChI=1S/C21H24N6O2/c1-4-27-14-19(24-25-27)17-7-5-6-8-18(17)23-20(28)13-22-21(29)15-9-11-16(12-10-15)26(2)3/h5-12,14H,4,13H2,1-3H3,(H,22,29)(H,23,28). The summed E-state index contributed by atoms with van der Waals surface area (Å²) in [5.74, 6) is -0.622. The Morgan fingerprint density at radius 2 is 1.79 bits per heavy atom. The molecule has 2 aromatic carbocycles. The van der Waals surface area contributed by atoms with Gasteiger partial charge in [-0.15, -0.1) is 5.10 Å². The molecule has 8 nitrogen and oxygen atoms in total. The third kappa shape index (κ3) is 4.98. The predicted octanol–water partition coefficient (Wildman–Crippen LogP) is 2.40. The van der Waals surface area contributed by atoms with Crippen LogP contribution < -0.4 is 15.5 Å². The van der Waals surface area contributed by atoms with Crippen molar-refractivity contribution in [2.24, 2.45) is 0 Å². The van der Waals surface area contributed by atoms with Crippen LogP contribution in [0.3, 0.4) is 0 Å². The number of carbonyl (C=O) groups excluding carboxylic acids is 2. The number of benzene rings is 2. The number of para-hydroxylation sites is 1. The Morgan fingerprint density at radius 1 is 1.07 bits per heavy atom. The summed E-state index contributed by atoms with van der Waals surface area (Å²) >= 11 is 0. The van der Waals surface area contributed by atoms with Crippen molar-refractivity contribution in [3.63, 3.8) is 0 Å². The molecule has 0 saturated heterocycles. The minimum Gasteiger partial charge on any atom is -0.378 e. The molecule has 150 valence electrons. The maximum absolute atomic E-state index is 12.4. The van der Waals surface area contributed by atoms with Gasteiger partial charge in [0.2, 0.25) is 5.91 Å². The largest absolute Gasteiger partial charge is 0.378 e.